The Balaban J connectivity index is 4.15. The fourth-order valence-electron chi connectivity index (χ4n) is 9.73. The third-order valence-electron chi connectivity index (χ3n) is 15.0. The summed E-state index contributed by atoms with van der Waals surface area (Å²) in [6.07, 6.45) is 98.0. The van der Waals surface area contributed by atoms with Crippen LogP contribution < -0.4 is 0 Å². The first-order chi connectivity index (χ1) is 41.0. The average Bonchev–Trinajstić information content (AvgIpc) is 3.49. The predicted molar refractivity (Wildman–Crippen MR) is 362 cm³/mol. The molecule has 0 N–H and O–H groups in total. The van der Waals surface area contributed by atoms with Crippen molar-refractivity contribution in [3.05, 3.63) is 122 Å². The maximum absolute atomic E-state index is 12.9. The van der Waals surface area contributed by atoms with E-state index in [1.807, 2.05) is 0 Å². The molecule has 0 fully saturated rings. The summed E-state index contributed by atoms with van der Waals surface area (Å²) in [5, 5.41) is 0. The Morgan fingerprint density at radius 1 is 0.253 bits per heavy atom. The van der Waals surface area contributed by atoms with Crippen LogP contribution in [0.25, 0.3) is 0 Å². The van der Waals surface area contributed by atoms with Crippen LogP contribution in [0.15, 0.2) is 122 Å². The van der Waals surface area contributed by atoms with Gasteiger partial charge >= 0.3 is 17.9 Å². The van der Waals surface area contributed by atoms with Gasteiger partial charge in [0.1, 0.15) is 13.2 Å². The Kier molecular flexibility index (Phi) is 66.7. The summed E-state index contributed by atoms with van der Waals surface area (Å²) in [4.78, 5) is 38.3. The van der Waals surface area contributed by atoms with Crippen LogP contribution in [0.3, 0.4) is 0 Å². The van der Waals surface area contributed by atoms with Gasteiger partial charge in [0.05, 0.1) is 0 Å². The molecule has 0 aromatic heterocycles. The van der Waals surface area contributed by atoms with E-state index in [0.29, 0.717) is 19.3 Å². The summed E-state index contributed by atoms with van der Waals surface area (Å²) < 4.78 is 16.9. The highest BCUT2D eigenvalue weighted by Gasteiger charge is 2.19. The van der Waals surface area contributed by atoms with Crippen molar-refractivity contribution in [3.8, 4) is 0 Å². The first-order valence-electron chi connectivity index (χ1n) is 35.0. The zero-order valence-corrected chi connectivity index (χ0v) is 54.4. The van der Waals surface area contributed by atoms with E-state index < -0.39 is 6.10 Å². The molecule has 83 heavy (non-hydrogen) atoms. The van der Waals surface area contributed by atoms with Crippen LogP contribution in [0.5, 0.6) is 0 Å². The van der Waals surface area contributed by atoms with Crippen LogP contribution in [-0.4, -0.2) is 37.2 Å². The van der Waals surface area contributed by atoms with E-state index in [9.17, 15) is 14.4 Å². The Morgan fingerprint density at radius 3 is 0.735 bits per heavy atom. The molecule has 0 aliphatic carbocycles. The van der Waals surface area contributed by atoms with Crippen LogP contribution >= 0.6 is 0 Å². The second kappa shape index (κ2) is 70.3. The van der Waals surface area contributed by atoms with Crippen LogP contribution in [0.1, 0.15) is 329 Å². The summed E-state index contributed by atoms with van der Waals surface area (Å²) in [6.45, 7) is 6.51. The lowest BCUT2D eigenvalue weighted by Crippen LogP contribution is -2.30. The summed E-state index contributed by atoms with van der Waals surface area (Å²) >= 11 is 0. The van der Waals surface area contributed by atoms with Gasteiger partial charge < -0.3 is 14.2 Å². The first-order valence-corrected chi connectivity index (χ1v) is 35.0. The average molecular weight is 1150 g/mol. The van der Waals surface area contributed by atoms with Gasteiger partial charge in [-0.3, -0.25) is 14.4 Å². The van der Waals surface area contributed by atoms with Crippen molar-refractivity contribution < 1.29 is 28.6 Å². The van der Waals surface area contributed by atoms with Gasteiger partial charge in [0.2, 0.25) is 0 Å². The second-order valence-corrected chi connectivity index (χ2v) is 23.1. The largest absolute Gasteiger partial charge is 0.462 e. The lowest BCUT2D eigenvalue weighted by molar-refractivity contribution is -0.167. The number of hydrogen-bond acceptors (Lipinski definition) is 6. The van der Waals surface area contributed by atoms with Gasteiger partial charge in [0.25, 0.3) is 0 Å². The van der Waals surface area contributed by atoms with Crippen LogP contribution in [0.4, 0.5) is 0 Å². The monoisotopic (exact) mass is 1150 g/mol. The third kappa shape index (κ3) is 68.5. The van der Waals surface area contributed by atoms with Crippen LogP contribution in [0.2, 0.25) is 0 Å². The smallest absolute Gasteiger partial charge is 0.306 e. The van der Waals surface area contributed by atoms with Crippen molar-refractivity contribution in [2.24, 2.45) is 0 Å². The molecule has 0 radical (unpaired) electrons. The molecule has 0 saturated carbocycles. The lowest BCUT2D eigenvalue weighted by Gasteiger charge is -2.18. The zero-order valence-electron chi connectivity index (χ0n) is 54.4. The topological polar surface area (TPSA) is 78.9 Å². The molecule has 0 aromatic rings. The van der Waals surface area contributed by atoms with Gasteiger partial charge in [-0.15, -0.1) is 0 Å². The molecule has 0 heterocycles. The molecule has 0 spiro atoms. The second-order valence-electron chi connectivity index (χ2n) is 23.1. The number of carbonyl (C=O) groups excluding carboxylic acids is 3. The van der Waals surface area contributed by atoms with Gasteiger partial charge in [0.15, 0.2) is 6.10 Å². The molecule has 474 valence electrons. The predicted octanol–water partition coefficient (Wildman–Crippen LogP) is 24.3. The number of hydrogen-bond donors (Lipinski definition) is 0. The Bertz CT molecular complexity index is 1700. The molecular weight excluding hydrogens is 1020 g/mol. The Morgan fingerprint density at radius 2 is 0.470 bits per heavy atom. The standard InChI is InChI=1S/C77H130O6/c1-4-7-10-13-16-19-21-23-25-27-29-31-32-33-34-35-36-37-38-39-40-41-42-43-44-46-47-49-51-53-55-58-61-64-67-70-76(79)82-73-74(72-81-75(78)69-66-63-60-57-18-15-12-9-6-3)83-77(80)71-68-65-62-59-56-54-52-50-48-45-30-28-26-24-22-20-17-14-11-8-5-2/h7,10,16,19,22-25,28-31,33-34,36-37,39-40,48,50,74H,4-6,8-9,11-15,17-18,20-21,26-27,32,35,38,41-47,49,51-73H2,1-3H3/b10-7-,19-16-,24-22-,25-23-,30-28-,31-29-,34-33-,37-36-,40-39-,50-48-. The van der Waals surface area contributed by atoms with Gasteiger partial charge in [0, 0.05) is 19.3 Å². The first kappa shape index (κ1) is 78.8. The van der Waals surface area contributed by atoms with Crippen molar-refractivity contribution in [3.63, 3.8) is 0 Å². The minimum absolute atomic E-state index is 0.0816. The highest BCUT2D eigenvalue weighted by Crippen LogP contribution is 2.16. The van der Waals surface area contributed by atoms with E-state index in [0.717, 1.165) is 128 Å². The normalized spacial score (nSPS) is 12.9. The maximum Gasteiger partial charge on any atom is 0.306 e. The highest BCUT2D eigenvalue weighted by molar-refractivity contribution is 5.71. The maximum atomic E-state index is 12.9. The summed E-state index contributed by atoms with van der Waals surface area (Å²) in [6, 6.07) is 0. The molecule has 0 rings (SSSR count). The molecule has 6 heteroatoms. The molecule has 1 unspecified atom stereocenters. The van der Waals surface area contributed by atoms with Crippen molar-refractivity contribution >= 4 is 17.9 Å². The van der Waals surface area contributed by atoms with Crippen LogP contribution in [-0.2, 0) is 28.6 Å². The minimum atomic E-state index is -0.785. The van der Waals surface area contributed by atoms with E-state index in [2.05, 4.69) is 142 Å². The van der Waals surface area contributed by atoms with E-state index in [1.54, 1.807) is 0 Å². The summed E-state index contributed by atoms with van der Waals surface area (Å²) in [5.74, 6) is -0.889. The summed E-state index contributed by atoms with van der Waals surface area (Å²) in [7, 11) is 0. The molecule has 0 aliphatic rings. The Labute approximate surface area is 513 Å². The van der Waals surface area contributed by atoms with Gasteiger partial charge in [-0.25, -0.2) is 0 Å². The molecule has 0 aromatic carbocycles. The molecule has 0 amide bonds. The summed E-state index contributed by atoms with van der Waals surface area (Å²) in [5.41, 5.74) is 0. The van der Waals surface area contributed by atoms with E-state index in [-0.39, 0.29) is 31.1 Å². The lowest BCUT2D eigenvalue weighted by atomic mass is 10.0. The fourth-order valence-corrected chi connectivity index (χ4v) is 9.73. The van der Waals surface area contributed by atoms with Crippen LogP contribution in [0, 0.1) is 0 Å². The highest BCUT2D eigenvalue weighted by atomic mass is 16.6. The van der Waals surface area contributed by atoms with E-state index in [4.69, 9.17) is 14.2 Å². The number of ether oxygens (including phenoxy) is 3. The molecule has 0 bridgehead atoms. The molecule has 6 nitrogen and oxygen atoms in total. The molecular formula is C77H130O6. The van der Waals surface area contributed by atoms with E-state index >= 15 is 0 Å². The Hall–Kier alpha value is -4.19. The zero-order chi connectivity index (χ0) is 59.9. The van der Waals surface area contributed by atoms with Gasteiger partial charge in [-0.05, 0) is 116 Å². The quantitative estimate of drug-likeness (QED) is 0.0261. The fraction of sp³-hybridized carbons (Fsp3) is 0.701. The number of allylic oxidation sites excluding steroid dienone is 20. The molecule has 1 atom stereocenters. The van der Waals surface area contributed by atoms with Crippen molar-refractivity contribution in [1.29, 1.82) is 0 Å². The van der Waals surface area contributed by atoms with Crippen molar-refractivity contribution in [2.75, 3.05) is 13.2 Å². The minimum Gasteiger partial charge on any atom is -0.462 e. The van der Waals surface area contributed by atoms with E-state index in [1.165, 1.54) is 161 Å². The number of esters is 3. The van der Waals surface area contributed by atoms with Gasteiger partial charge in [-0.2, -0.15) is 0 Å². The number of carbonyl (C=O) groups is 3. The number of rotatable bonds is 63. The SMILES string of the molecule is CC/C=C\C/C=C\C/C=C\C/C=C\C/C=C\C/C=C\C/C=C\CCCCCCCCCCCCCCCC(=O)OCC(COC(=O)CCCCCCCCCCC)OC(=O)CCCCCCCC/C=C\C/C=C\C/C=C\CCCCCCC. The van der Waals surface area contributed by atoms with Gasteiger partial charge in [-0.1, -0.05) is 316 Å². The molecule has 0 saturated heterocycles. The number of unbranched alkanes of at least 4 members (excludes halogenated alkanes) is 32. The third-order valence-corrected chi connectivity index (χ3v) is 15.0. The van der Waals surface area contributed by atoms with Crippen molar-refractivity contribution in [2.45, 2.75) is 335 Å². The molecule has 0 aliphatic heterocycles. The van der Waals surface area contributed by atoms with Crippen molar-refractivity contribution in [1.82, 2.24) is 0 Å².